The van der Waals surface area contributed by atoms with Gasteiger partial charge in [0, 0.05) is 5.54 Å². The molecule has 2 aliphatic rings. The van der Waals surface area contributed by atoms with Crippen LogP contribution in [0.25, 0.3) is 0 Å². The normalized spacial score (nSPS) is 26.7. The monoisotopic (exact) mass is 401 g/mol. The van der Waals surface area contributed by atoms with E-state index in [1.54, 1.807) is 19.1 Å². The molecule has 1 saturated heterocycles. The van der Waals surface area contributed by atoms with Crippen LogP contribution in [0, 0.1) is 5.92 Å². The highest BCUT2D eigenvalue weighted by atomic mass is 32.2. The van der Waals surface area contributed by atoms with Crippen LogP contribution in [0.15, 0.2) is 29.2 Å². The zero-order valence-electron chi connectivity index (χ0n) is 15.1. The number of nitrogens with one attached hydrogen (secondary N) is 1. The van der Waals surface area contributed by atoms with Crippen LogP contribution >= 0.6 is 0 Å². The summed E-state index contributed by atoms with van der Waals surface area (Å²) in [6.45, 7) is 2.30. The molecule has 26 heavy (non-hydrogen) atoms. The van der Waals surface area contributed by atoms with Crippen LogP contribution in [0.5, 0.6) is 5.75 Å². The van der Waals surface area contributed by atoms with Gasteiger partial charge in [0.05, 0.1) is 23.0 Å². The van der Waals surface area contributed by atoms with Gasteiger partial charge in [0.25, 0.3) is 0 Å². The topological polar surface area (TPSA) is 89.5 Å². The van der Waals surface area contributed by atoms with E-state index in [1.165, 1.54) is 44.2 Å². The van der Waals surface area contributed by atoms with E-state index in [1.807, 2.05) is 0 Å². The fourth-order valence-electron chi connectivity index (χ4n) is 3.76. The second-order valence-corrected chi connectivity index (χ2v) is 11.7. The van der Waals surface area contributed by atoms with Crippen molar-refractivity contribution >= 4 is 19.9 Å². The summed E-state index contributed by atoms with van der Waals surface area (Å²) in [5.74, 6) is 1.09. The first-order valence-corrected chi connectivity index (χ1v) is 12.5. The Bertz CT molecular complexity index is 827. The highest BCUT2D eigenvalue weighted by Gasteiger charge is 2.41. The number of sulfonamides is 1. The summed E-state index contributed by atoms with van der Waals surface area (Å²) in [6.07, 6.45) is 6.49. The smallest absolute Gasteiger partial charge is 0.241 e. The first-order chi connectivity index (χ1) is 12.2. The SMILES string of the molecule is C[C@@]1(NS(=O)(=O)c2ccc(OCC3CCCCC3)cc2)CCS(=O)(=O)C1. The van der Waals surface area contributed by atoms with Crippen molar-refractivity contribution in [3.63, 3.8) is 0 Å². The third-order valence-electron chi connectivity index (χ3n) is 5.23. The van der Waals surface area contributed by atoms with Crippen molar-refractivity contribution in [3.05, 3.63) is 24.3 Å². The van der Waals surface area contributed by atoms with E-state index in [9.17, 15) is 16.8 Å². The molecule has 2 fully saturated rings. The molecule has 0 bridgehead atoms. The van der Waals surface area contributed by atoms with Gasteiger partial charge in [-0.25, -0.2) is 21.6 Å². The molecule has 1 N–H and O–H groups in total. The van der Waals surface area contributed by atoms with Gasteiger partial charge in [0.15, 0.2) is 9.84 Å². The maximum Gasteiger partial charge on any atom is 0.241 e. The second-order valence-electron chi connectivity index (χ2n) is 7.79. The molecule has 0 radical (unpaired) electrons. The Kier molecular flexibility index (Phi) is 5.65. The number of sulfone groups is 1. The predicted molar refractivity (Wildman–Crippen MR) is 101 cm³/mol. The molecule has 6 nitrogen and oxygen atoms in total. The fourth-order valence-corrected chi connectivity index (χ4v) is 7.38. The number of hydrogen-bond donors (Lipinski definition) is 1. The van der Waals surface area contributed by atoms with Crippen LogP contribution in [0.1, 0.15) is 45.4 Å². The molecule has 1 heterocycles. The lowest BCUT2D eigenvalue weighted by molar-refractivity contribution is 0.209. The molecule has 1 aliphatic heterocycles. The summed E-state index contributed by atoms with van der Waals surface area (Å²) in [7, 11) is -6.95. The van der Waals surface area contributed by atoms with Crippen molar-refractivity contribution in [2.45, 2.75) is 55.9 Å². The first-order valence-electron chi connectivity index (χ1n) is 9.15. The third-order valence-corrected chi connectivity index (χ3v) is 8.79. The van der Waals surface area contributed by atoms with Crippen LogP contribution < -0.4 is 9.46 Å². The molecule has 0 unspecified atom stereocenters. The van der Waals surface area contributed by atoms with E-state index in [-0.39, 0.29) is 22.8 Å². The molecule has 1 aromatic rings. The zero-order chi connectivity index (χ0) is 18.8. The molecule has 8 heteroatoms. The quantitative estimate of drug-likeness (QED) is 0.791. The molecule has 1 aromatic carbocycles. The van der Waals surface area contributed by atoms with Gasteiger partial charge in [-0.1, -0.05) is 19.3 Å². The summed E-state index contributed by atoms with van der Waals surface area (Å²) in [5, 5.41) is 0. The second kappa shape index (κ2) is 7.48. The van der Waals surface area contributed by atoms with Crippen molar-refractivity contribution in [1.82, 2.24) is 4.72 Å². The van der Waals surface area contributed by atoms with Crippen LogP contribution in [0.3, 0.4) is 0 Å². The van der Waals surface area contributed by atoms with Gasteiger partial charge in [-0.15, -0.1) is 0 Å². The molecule has 1 saturated carbocycles. The summed E-state index contributed by atoms with van der Waals surface area (Å²) < 4.78 is 56.8. The Labute approximate surface area is 156 Å². The summed E-state index contributed by atoms with van der Waals surface area (Å²) in [6, 6.07) is 6.33. The van der Waals surface area contributed by atoms with Crippen molar-refractivity contribution in [1.29, 1.82) is 0 Å². The summed E-state index contributed by atoms with van der Waals surface area (Å²) >= 11 is 0. The van der Waals surface area contributed by atoms with Crippen LogP contribution in [-0.2, 0) is 19.9 Å². The molecule has 1 aliphatic carbocycles. The maximum atomic E-state index is 12.6. The Balaban J connectivity index is 1.61. The number of ether oxygens (including phenoxy) is 1. The van der Waals surface area contributed by atoms with Gasteiger partial charge in [-0.05, 0) is 56.4 Å². The maximum absolute atomic E-state index is 12.6. The van der Waals surface area contributed by atoms with Crippen LogP contribution in [-0.4, -0.2) is 40.5 Å². The Morgan fingerprint density at radius 1 is 1.15 bits per heavy atom. The van der Waals surface area contributed by atoms with Gasteiger partial charge in [0.2, 0.25) is 10.0 Å². The van der Waals surface area contributed by atoms with Crippen molar-refractivity contribution in [2.75, 3.05) is 18.1 Å². The minimum atomic E-state index is -3.77. The Morgan fingerprint density at radius 3 is 2.38 bits per heavy atom. The van der Waals surface area contributed by atoms with Gasteiger partial charge in [-0.3, -0.25) is 0 Å². The minimum absolute atomic E-state index is 0.0139. The highest BCUT2D eigenvalue weighted by molar-refractivity contribution is 7.92. The molecule has 0 spiro atoms. The molecular weight excluding hydrogens is 374 g/mol. The standard InChI is InChI=1S/C18H27NO5S2/c1-18(11-12-25(20,21)14-18)19-26(22,23)17-9-7-16(8-10-17)24-13-15-5-3-2-4-6-15/h7-10,15,19H,2-6,11-14H2,1H3/t18-/m1/s1. The van der Waals surface area contributed by atoms with Gasteiger partial charge in [-0.2, -0.15) is 0 Å². The highest BCUT2D eigenvalue weighted by Crippen LogP contribution is 2.27. The molecule has 0 aromatic heterocycles. The lowest BCUT2D eigenvalue weighted by Crippen LogP contribution is -2.46. The third kappa shape index (κ3) is 4.98. The molecule has 1 atom stereocenters. The van der Waals surface area contributed by atoms with Gasteiger partial charge >= 0.3 is 0 Å². The Hall–Kier alpha value is -1.12. The lowest BCUT2D eigenvalue weighted by atomic mass is 9.90. The predicted octanol–water partition coefficient (Wildman–Crippen LogP) is 2.50. The zero-order valence-corrected chi connectivity index (χ0v) is 16.7. The fraction of sp³-hybridized carbons (Fsp3) is 0.667. The van der Waals surface area contributed by atoms with Gasteiger partial charge in [0.1, 0.15) is 5.75 Å². The first kappa shape index (κ1) is 19.6. The summed E-state index contributed by atoms with van der Waals surface area (Å²) in [4.78, 5) is 0.119. The van der Waals surface area contributed by atoms with Crippen molar-refractivity contribution < 1.29 is 21.6 Å². The summed E-state index contributed by atoms with van der Waals surface area (Å²) in [5.41, 5.74) is -0.951. The van der Waals surface area contributed by atoms with E-state index in [0.717, 1.165) is 0 Å². The molecular formula is C18H27NO5S2. The van der Waals surface area contributed by atoms with E-state index < -0.39 is 25.4 Å². The van der Waals surface area contributed by atoms with Gasteiger partial charge < -0.3 is 4.74 Å². The van der Waals surface area contributed by atoms with Crippen LogP contribution in [0.4, 0.5) is 0 Å². The molecule has 146 valence electrons. The van der Waals surface area contributed by atoms with E-state index in [2.05, 4.69) is 4.72 Å². The van der Waals surface area contributed by atoms with Crippen molar-refractivity contribution in [3.8, 4) is 5.75 Å². The number of rotatable bonds is 6. The molecule has 0 amide bonds. The minimum Gasteiger partial charge on any atom is -0.493 e. The number of benzene rings is 1. The average Bonchev–Trinajstić information content (AvgIpc) is 2.86. The largest absolute Gasteiger partial charge is 0.493 e. The average molecular weight is 402 g/mol. The lowest BCUT2D eigenvalue weighted by Gasteiger charge is -2.24. The number of hydrogen-bond acceptors (Lipinski definition) is 5. The van der Waals surface area contributed by atoms with E-state index >= 15 is 0 Å². The van der Waals surface area contributed by atoms with Crippen molar-refractivity contribution in [2.24, 2.45) is 5.92 Å². The van der Waals surface area contributed by atoms with Crippen LogP contribution in [0.2, 0.25) is 0 Å². The van der Waals surface area contributed by atoms with E-state index in [0.29, 0.717) is 18.3 Å². The van der Waals surface area contributed by atoms with E-state index in [4.69, 9.17) is 4.74 Å². The molecule has 3 rings (SSSR count). The Morgan fingerprint density at radius 2 is 1.81 bits per heavy atom.